The van der Waals surface area contributed by atoms with Crippen LogP contribution in [0, 0.1) is 0 Å². The number of nitrogens with zero attached hydrogens (tertiary/aromatic N) is 2. The van der Waals surface area contributed by atoms with Gasteiger partial charge in [-0.3, -0.25) is 0 Å². The van der Waals surface area contributed by atoms with E-state index >= 15 is 0 Å². The predicted octanol–water partition coefficient (Wildman–Crippen LogP) is 2.51. The standard InChI is InChI=1S/C13H19Br2N3O2S/c1-17(2)10-4-3-5-18(8-10)21(19,20)13-11(14)6-9(16)7-12(13)15/h6-7,10H,3-5,8,16H2,1-2H3. The van der Waals surface area contributed by atoms with Crippen molar-refractivity contribution in [3.8, 4) is 0 Å². The second-order valence-electron chi connectivity index (χ2n) is 5.44. The quantitative estimate of drug-likeness (QED) is 0.733. The van der Waals surface area contributed by atoms with Crippen LogP contribution in [0.2, 0.25) is 0 Å². The van der Waals surface area contributed by atoms with Crippen LogP contribution in [0.5, 0.6) is 0 Å². The first-order valence-corrected chi connectivity index (χ1v) is 9.67. The van der Waals surface area contributed by atoms with Gasteiger partial charge in [0, 0.05) is 33.8 Å². The lowest BCUT2D eigenvalue weighted by Crippen LogP contribution is -2.47. The third-order valence-corrected chi connectivity index (χ3v) is 7.45. The summed E-state index contributed by atoms with van der Waals surface area (Å²) in [6.45, 7) is 1.06. The minimum Gasteiger partial charge on any atom is -0.399 e. The van der Waals surface area contributed by atoms with Crippen molar-refractivity contribution < 1.29 is 8.42 Å². The highest BCUT2D eigenvalue weighted by Crippen LogP contribution is 2.35. The van der Waals surface area contributed by atoms with Crippen molar-refractivity contribution in [1.82, 2.24) is 9.21 Å². The van der Waals surface area contributed by atoms with Crippen LogP contribution in [0.1, 0.15) is 12.8 Å². The zero-order chi connectivity index (χ0) is 15.8. The van der Waals surface area contributed by atoms with Crippen molar-refractivity contribution in [2.75, 3.05) is 32.9 Å². The summed E-state index contributed by atoms with van der Waals surface area (Å²) < 4.78 is 28.4. The predicted molar refractivity (Wildman–Crippen MR) is 91.7 cm³/mol. The van der Waals surface area contributed by atoms with Crippen molar-refractivity contribution in [1.29, 1.82) is 0 Å². The Morgan fingerprint density at radius 1 is 1.29 bits per heavy atom. The van der Waals surface area contributed by atoms with Crippen LogP contribution in [0.4, 0.5) is 5.69 Å². The van der Waals surface area contributed by atoms with E-state index in [1.807, 2.05) is 14.1 Å². The average molecular weight is 441 g/mol. The van der Waals surface area contributed by atoms with Gasteiger partial charge in [0.25, 0.3) is 0 Å². The number of sulfonamides is 1. The summed E-state index contributed by atoms with van der Waals surface area (Å²) in [4.78, 5) is 2.32. The van der Waals surface area contributed by atoms with Crippen LogP contribution in [-0.2, 0) is 10.0 Å². The van der Waals surface area contributed by atoms with E-state index in [0.29, 0.717) is 27.7 Å². The Bertz CT molecular complexity index is 611. The maximum atomic E-state index is 12.9. The van der Waals surface area contributed by atoms with Crippen LogP contribution >= 0.6 is 31.9 Å². The third-order valence-electron chi connectivity index (χ3n) is 3.71. The van der Waals surface area contributed by atoms with Crippen LogP contribution in [-0.4, -0.2) is 50.8 Å². The Morgan fingerprint density at radius 2 is 1.86 bits per heavy atom. The van der Waals surface area contributed by atoms with E-state index in [2.05, 4.69) is 36.8 Å². The van der Waals surface area contributed by atoms with Gasteiger partial charge in [0.15, 0.2) is 0 Å². The van der Waals surface area contributed by atoms with Crippen LogP contribution < -0.4 is 5.73 Å². The summed E-state index contributed by atoms with van der Waals surface area (Å²) in [6, 6.07) is 3.48. The van der Waals surface area contributed by atoms with Gasteiger partial charge in [0.1, 0.15) is 4.90 Å². The van der Waals surface area contributed by atoms with Gasteiger partial charge in [-0.05, 0) is 70.9 Å². The molecule has 1 unspecified atom stereocenters. The second-order valence-corrected chi connectivity index (χ2v) is 9.02. The SMILES string of the molecule is CN(C)C1CCCN(S(=O)(=O)c2c(Br)cc(N)cc2Br)C1. The molecule has 2 rings (SSSR count). The van der Waals surface area contributed by atoms with E-state index in [4.69, 9.17) is 5.73 Å². The minimum atomic E-state index is -3.55. The molecule has 1 aromatic rings. The van der Waals surface area contributed by atoms with Crippen molar-refractivity contribution in [2.24, 2.45) is 0 Å². The van der Waals surface area contributed by atoms with Gasteiger partial charge in [-0.15, -0.1) is 0 Å². The zero-order valence-electron chi connectivity index (χ0n) is 12.0. The van der Waals surface area contributed by atoms with Crippen molar-refractivity contribution in [3.63, 3.8) is 0 Å². The maximum Gasteiger partial charge on any atom is 0.245 e. The number of rotatable bonds is 3. The summed E-state index contributed by atoms with van der Waals surface area (Å²) in [5.41, 5.74) is 6.25. The lowest BCUT2D eigenvalue weighted by molar-refractivity contribution is 0.190. The minimum absolute atomic E-state index is 0.246. The molecule has 0 amide bonds. The molecular weight excluding hydrogens is 422 g/mol. The summed E-state index contributed by atoms with van der Waals surface area (Å²) in [5.74, 6) is 0. The van der Waals surface area contributed by atoms with Gasteiger partial charge >= 0.3 is 0 Å². The Hall–Kier alpha value is -0.150. The summed E-state index contributed by atoms with van der Waals surface area (Å²) in [6.07, 6.45) is 1.88. The van der Waals surface area contributed by atoms with Crippen LogP contribution in [0.3, 0.4) is 0 Å². The highest BCUT2D eigenvalue weighted by atomic mass is 79.9. The lowest BCUT2D eigenvalue weighted by Gasteiger charge is -2.35. The molecule has 118 valence electrons. The smallest absolute Gasteiger partial charge is 0.245 e. The molecule has 0 spiro atoms. The molecule has 1 saturated heterocycles. The molecular formula is C13H19Br2N3O2S. The Balaban J connectivity index is 2.39. The van der Waals surface area contributed by atoms with E-state index in [1.54, 1.807) is 16.4 Å². The number of halogens is 2. The van der Waals surface area contributed by atoms with E-state index in [9.17, 15) is 8.42 Å². The Kier molecular flexibility index (Phi) is 5.36. The molecule has 1 atom stereocenters. The first kappa shape index (κ1) is 17.2. The van der Waals surface area contributed by atoms with Crippen molar-refractivity contribution in [2.45, 2.75) is 23.8 Å². The molecule has 0 aliphatic carbocycles. The van der Waals surface area contributed by atoms with Crippen molar-refractivity contribution in [3.05, 3.63) is 21.1 Å². The number of benzene rings is 1. The van der Waals surface area contributed by atoms with Gasteiger partial charge in [0.05, 0.1) is 0 Å². The van der Waals surface area contributed by atoms with Gasteiger partial charge < -0.3 is 10.6 Å². The lowest BCUT2D eigenvalue weighted by atomic mass is 10.1. The molecule has 21 heavy (non-hydrogen) atoms. The summed E-state index contributed by atoms with van der Waals surface area (Å²) >= 11 is 6.64. The van der Waals surface area contributed by atoms with Crippen LogP contribution in [0.15, 0.2) is 26.0 Å². The van der Waals surface area contributed by atoms with Crippen molar-refractivity contribution >= 4 is 47.6 Å². The number of hydrogen-bond donors (Lipinski definition) is 1. The van der Waals surface area contributed by atoms with Gasteiger partial charge in [0.2, 0.25) is 10.0 Å². The number of nitrogens with two attached hydrogens (primary N) is 1. The molecule has 1 heterocycles. The van der Waals surface area contributed by atoms with Gasteiger partial charge in [-0.2, -0.15) is 4.31 Å². The molecule has 8 heteroatoms. The molecule has 1 aromatic carbocycles. The normalized spacial score (nSPS) is 20.9. The largest absolute Gasteiger partial charge is 0.399 e. The third kappa shape index (κ3) is 3.61. The first-order valence-electron chi connectivity index (χ1n) is 6.64. The molecule has 0 aromatic heterocycles. The monoisotopic (exact) mass is 439 g/mol. The molecule has 0 bridgehead atoms. The zero-order valence-corrected chi connectivity index (χ0v) is 16.0. The van der Waals surface area contributed by atoms with E-state index in [0.717, 1.165) is 12.8 Å². The van der Waals surface area contributed by atoms with E-state index < -0.39 is 10.0 Å². The van der Waals surface area contributed by atoms with Gasteiger partial charge in [-0.25, -0.2) is 8.42 Å². The summed E-state index contributed by atoms with van der Waals surface area (Å²) in [5, 5.41) is 0. The number of hydrogen-bond acceptors (Lipinski definition) is 4. The fraction of sp³-hybridized carbons (Fsp3) is 0.538. The molecule has 0 saturated carbocycles. The number of piperidine rings is 1. The fourth-order valence-corrected chi connectivity index (χ4v) is 6.57. The topological polar surface area (TPSA) is 66.6 Å². The first-order chi connectivity index (χ1) is 9.73. The molecule has 5 nitrogen and oxygen atoms in total. The number of nitrogen functional groups attached to an aromatic ring is 1. The Labute approximate surface area is 142 Å². The van der Waals surface area contributed by atoms with Crippen LogP contribution in [0.25, 0.3) is 0 Å². The molecule has 0 radical (unpaired) electrons. The van der Waals surface area contributed by atoms with E-state index in [1.165, 1.54) is 0 Å². The second kappa shape index (κ2) is 6.54. The fourth-order valence-electron chi connectivity index (χ4n) is 2.52. The highest BCUT2D eigenvalue weighted by molar-refractivity contribution is 9.11. The average Bonchev–Trinajstić information content (AvgIpc) is 2.37. The summed E-state index contributed by atoms with van der Waals surface area (Å²) in [7, 11) is 0.415. The Morgan fingerprint density at radius 3 is 2.38 bits per heavy atom. The number of likely N-dealkylation sites (N-methyl/N-ethyl adjacent to an activating group) is 1. The molecule has 1 fully saturated rings. The van der Waals surface area contributed by atoms with E-state index in [-0.39, 0.29) is 10.9 Å². The molecule has 2 N–H and O–H groups in total. The van der Waals surface area contributed by atoms with Gasteiger partial charge in [-0.1, -0.05) is 0 Å². The molecule has 1 aliphatic heterocycles. The molecule has 1 aliphatic rings. The number of anilines is 1. The highest BCUT2D eigenvalue weighted by Gasteiger charge is 2.33. The maximum absolute atomic E-state index is 12.9.